The molecule has 0 spiro atoms. The minimum atomic E-state index is -4.86. The summed E-state index contributed by atoms with van der Waals surface area (Å²) in [5.74, 6) is 0. The van der Waals surface area contributed by atoms with Crippen molar-refractivity contribution in [3.05, 3.63) is 46.5 Å². The van der Waals surface area contributed by atoms with Gasteiger partial charge in [-0.1, -0.05) is 18.2 Å². The third kappa shape index (κ3) is 5.24. The highest BCUT2D eigenvalue weighted by Gasteiger charge is 2.37. The molecule has 1 nitrogen and oxygen atoms in total. The van der Waals surface area contributed by atoms with Crippen LogP contribution >= 0.6 is 11.6 Å². The predicted octanol–water partition coefficient (Wildman–Crippen LogP) is 5.13. The molecule has 0 aromatic heterocycles. The summed E-state index contributed by atoms with van der Waals surface area (Å²) in [5.41, 5.74) is -2.81. The molecule has 118 valence electrons. The van der Waals surface area contributed by atoms with Crippen LogP contribution in [0, 0.1) is 0 Å². The van der Waals surface area contributed by atoms with E-state index in [0.29, 0.717) is 12.1 Å². The topological polar surface area (TPSA) is 12.0 Å². The Labute approximate surface area is 122 Å². The van der Waals surface area contributed by atoms with Crippen LogP contribution < -0.4 is 5.32 Å². The van der Waals surface area contributed by atoms with E-state index in [1.807, 2.05) is 0 Å². The quantitative estimate of drug-likeness (QED) is 0.754. The molecule has 0 amide bonds. The minimum absolute atomic E-state index is 0.0698. The van der Waals surface area contributed by atoms with Crippen LogP contribution in [0.3, 0.4) is 0 Å². The molecule has 0 bridgehead atoms. The molecular formula is C13H12ClF6N. The summed E-state index contributed by atoms with van der Waals surface area (Å²) in [6, 6.07) is 0.716. The zero-order chi connectivity index (χ0) is 16.4. The second kappa shape index (κ2) is 6.27. The summed E-state index contributed by atoms with van der Waals surface area (Å²) in [5, 5.41) is 2.89. The second-order valence-corrected chi connectivity index (χ2v) is 4.99. The van der Waals surface area contributed by atoms with E-state index < -0.39 is 29.5 Å². The molecule has 0 saturated heterocycles. The minimum Gasteiger partial charge on any atom is -0.305 e. The average Bonchev–Trinajstić information content (AvgIpc) is 2.33. The fourth-order valence-electron chi connectivity index (χ4n) is 1.61. The lowest BCUT2D eigenvalue weighted by molar-refractivity contribution is -0.143. The maximum absolute atomic E-state index is 12.7. The van der Waals surface area contributed by atoms with Crippen molar-refractivity contribution in [2.45, 2.75) is 25.3 Å². The van der Waals surface area contributed by atoms with E-state index in [4.69, 9.17) is 11.6 Å². The molecule has 0 aliphatic rings. The van der Waals surface area contributed by atoms with Gasteiger partial charge >= 0.3 is 12.4 Å². The van der Waals surface area contributed by atoms with Crippen LogP contribution in [-0.2, 0) is 12.4 Å². The molecule has 1 atom stereocenters. The van der Waals surface area contributed by atoms with Crippen LogP contribution in [0.4, 0.5) is 26.3 Å². The summed E-state index contributed by atoms with van der Waals surface area (Å²) in [4.78, 5) is 0. The van der Waals surface area contributed by atoms with Crippen LogP contribution in [0.5, 0.6) is 0 Å². The van der Waals surface area contributed by atoms with Gasteiger partial charge in [-0.25, -0.2) is 0 Å². The Balaban J connectivity index is 3.22. The number of rotatable bonds is 4. The summed E-state index contributed by atoms with van der Waals surface area (Å²) in [7, 11) is 0. The Kier molecular flexibility index (Phi) is 5.33. The molecule has 1 aromatic carbocycles. The zero-order valence-corrected chi connectivity index (χ0v) is 11.6. The van der Waals surface area contributed by atoms with Crippen molar-refractivity contribution in [1.82, 2.24) is 5.32 Å². The number of hydrogen-bond donors (Lipinski definition) is 1. The van der Waals surface area contributed by atoms with Crippen molar-refractivity contribution in [3.63, 3.8) is 0 Å². The average molecular weight is 332 g/mol. The van der Waals surface area contributed by atoms with Gasteiger partial charge in [0, 0.05) is 17.6 Å². The van der Waals surface area contributed by atoms with Crippen molar-refractivity contribution in [2.75, 3.05) is 6.54 Å². The summed E-state index contributed by atoms with van der Waals surface area (Å²) in [6.07, 6.45) is -9.71. The highest BCUT2D eigenvalue weighted by molar-refractivity contribution is 6.29. The highest BCUT2D eigenvalue weighted by Crippen LogP contribution is 2.37. The first-order valence-corrected chi connectivity index (χ1v) is 6.15. The monoisotopic (exact) mass is 331 g/mol. The molecular weight excluding hydrogens is 320 g/mol. The van der Waals surface area contributed by atoms with Crippen LogP contribution in [0.25, 0.3) is 0 Å². The van der Waals surface area contributed by atoms with Crippen molar-refractivity contribution in [3.8, 4) is 0 Å². The Hall–Kier alpha value is -1.21. The molecule has 8 heteroatoms. The van der Waals surface area contributed by atoms with E-state index in [0.717, 1.165) is 0 Å². The van der Waals surface area contributed by atoms with E-state index in [-0.39, 0.29) is 23.2 Å². The maximum atomic E-state index is 12.7. The van der Waals surface area contributed by atoms with Crippen LogP contribution in [0.15, 0.2) is 29.8 Å². The van der Waals surface area contributed by atoms with Gasteiger partial charge < -0.3 is 5.32 Å². The summed E-state index contributed by atoms with van der Waals surface area (Å²) >= 11 is 5.50. The summed E-state index contributed by atoms with van der Waals surface area (Å²) in [6.45, 7) is 4.89. The van der Waals surface area contributed by atoms with Gasteiger partial charge in [0.2, 0.25) is 0 Å². The van der Waals surface area contributed by atoms with Gasteiger partial charge in [0.15, 0.2) is 0 Å². The number of hydrogen-bond acceptors (Lipinski definition) is 1. The molecule has 21 heavy (non-hydrogen) atoms. The fourth-order valence-corrected chi connectivity index (χ4v) is 1.69. The largest absolute Gasteiger partial charge is 0.416 e. The van der Waals surface area contributed by atoms with E-state index in [1.54, 1.807) is 0 Å². The third-order valence-electron chi connectivity index (χ3n) is 2.71. The van der Waals surface area contributed by atoms with E-state index in [2.05, 4.69) is 11.9 Å². The molecule has 0 saturated carbocycles. The van der Waals surface area contributed by atoms with Gasteiger partial charge in [-0.2, -0.15) is 26.3 Å². The number of benzene rings is 1. The van der Waals surface area contributed by atoms with E-state index >= 15 is 0 Å². The zero-order valence-electron chi connectivity index (χ0n) is 10.9. The molecule has 0 fully saturated rings. The number of nitrogens with one attached hydrogen (secondary N) is 1. The van der Waals surface area contributed by atoms with Gasteiger partial charge in [-0.15, -0.1) is 0 Å². The maximum Gasteiger partial charge on any atom is 0.416 e. The van der Waals surface area contributed by atoms with E-state index in [1.165, 1.54) is 6.92 Å². The van der Waals surface area contributed by atoms with Crippen molar-refractivity contribution in [2.24, 2.45) is 0 Å². The molecule has 1 N–H and O–H groups in total. The van der Waals surface area contributed by atoms with Crippen LogP contribution in [-0.4, -0.2) is 6.54 Å². The Bertz CT molecular complexity index is 488. The molecule has 1 aromatic rings. The van der Waals surface area contributed by atoms with Gasteiger partial charge in [-0.3, -0.25) is 0 Å². The number of halogens is 7. The SMILES string of the molecule is C=C(Cl)CNC(C)c1cc(C(F)(F)F)cc(C(F)(F)F)c1. The first-order chi connectivity index (χ1) is 9.41. The summed E-state index contributed by atoms with van der Waals surface area (Å²) < 4.78 is 76.1. The molecule has 1 unspecified atom stereocenters. The molecule has 0 heterocycles. The molecule has 0 aliphatic carbocycles. The smallest absolute Gasteiger partial charge is 0.305 e. The van der Waals surface area contributed by atoms with Crippen molar-refractivity contribution in [1.29, 1.82) is 0 Å². The lowest BCUT2D eigenvalue weighted by Gasteiger charge is -2.18. The van der Waals surface area contributed by atoms with Gasteiger partial charge in [0.25, 0.3) is 0 Å². The standard InChI is InChI=1S/C13H12ClF6N/c1-7(14)6-21-8(2)9-3-10(12(15,16)17)5-11(4-9)13(18,19)20/h3-5,8,21H,1,6H2,2H3. The van der Waals surface area contributed by atoms with Gasteiger partial charge in [-0.05, 0) is 30.7 Å². The normalized spacial score (nSPS) is 14.1. The Morgan fingerprint density at radius 1 is 1.10 bits per heavy atom. The van der Waals surface area contributed by atoms with Gasteiger partial charge in [0.05, 0.1) is 11.1 Å². The number of alkyl halides is 6. The Morgan fingerprint density at radius 2 is 1.52 bits per heavy atom. The molecule has 0 radical (unpaired) electrons. The fraction of sp³-hybridized carbons (Fsp3) is 0.385. The van der Waals surface area contributed by atoms with Crippen molar-refractivity contribution >= 4 is 11.6 Å². The first-order valence-electron chi connectivity index (χ1n) is 5.77. The molecule has 1 rings (SSSR count). The third-order valence-corrected chi connectivity index (χ3v) is 2.84. The lowest BCUT2D eigenvalue weighted by Crippen LogP contribution is -2.21. The Morgan fingerprint density at radius 3 is 1.86 bits per heavy atom. The first kappa shape index (κ1) is 17.8. The van der Waals surface area contributed by atoms with Crippen molar-refractivity contribution < 1.29 is 26.3 Å². The lowest BCUT2D eigenvalue weighted by atomic mass is 10.0. The van der Waals surface area contributed by atoms with E-state index in [9.17, 15) is 26.3 Å². The molecule has 0 aliphatic heterocycles. The van der Waals surface area contributed by atoms with Crippen LogP contribution in [0.2, 0.25) is 0 Å². The predicted molar refractivity (Wildman–Crippen MR) is 67.9 cm³/mol. The van der Waals surface area contributed by atoms with Gasteiger partial charge in [0.1, 0.15) is 0 Å². The highest BCUT2D eigenvalue weighted by atomic mass is 35.5. The second-order valence-electron chi connectivity index (χ2n) is 4.46. The van der Waals surface area contributed by atoms with Crippen LogP contribution in [0.1, 0.15) is 29.7 Å².